The number of guanidine groups is 1. The van der Waals surface area contributed by atoms with Crippen LogP contribution in [0.1, 0.15) is 38.8 Å². The smallest absolute Gasteiger partial charge is 0.191 e. The summed E-state index contributed by atoms with van der Waals surface area (Å²) >= 11 is 0. The molecule has 1 aromatic rings. The molecule has 0 saturated carbocycles. The maximum atomic E-state index is 5.98. The Morgan fingerprint density at radius 2 is 1.83 bits per heavy atom. The molecule has 1 aromatic carbocycles. The molecular weight excluding hydrogens is 477 g/mol. The van der Waals surface area contributed by atoms with Gasteiger partial charge in [-0.1, -0.05) is 12.1 Å². The van der Waals surface area contributed by atoms with Crippen molar-refractivity contribution in [1.82, 2.24) is 20.4 Å². The van der Waals surface area contributed by atoms with Gasteiger partial charge in [0.15, 0.2) is 5.96 Å². The Morgan fingerprint density at radius 1 is 1.14 bits per heavy atom. The Hall–Kier alpha value is -1.06. The lowest BCUT2D eigenvalue weighted by atomic mass is 10.1. The minimum absolute atomic E-state index is 0. The summed E-state index contributed by atoms with van der Waals surface area (Å²) in [5.41, 5.74) is 2.32. The number of ether oxygens (including phenoxy) is 1. The van der Waals surface area contributed by atoms with E-state index in [1.165, 1.54) is 5.56 Å². The summed E-state index contributed by atoms with van der Waals surface area (Å²) in [4.78, 5) is 9.73. The largest absolute Gasteiger partial charge is 0.491 e. The number of hydrogen-bond acceptors (Lipinski definition) is 4. The zero-order chi connectivity index (χ0) is 20.5. The fourth-order valence-electron chi connectivity index (χ4n) is 3.30. The van der Waals surface area contributed by atoms with Crippen LogP contribution in [0.2, 0.25) is 0 Å². The number of piperazine rings is 1. The van der Waals surface area contributed by atoms with Gasteiger partial charge in [-0.2, -0.15) is 0 Å². The van der Waals surface area contributed by atoms with Gasteiger partial charge >= 0.3 is 0 Å². The monoisotopic (exact) mass is 517 g/mol. The van der Waals surface area contributed by atoms with E-state index < -0.39 is 0 Å². The van der Waals surface area contributed by atoms with E-state index in [0.717, 1.165) is 56.5 Å². The van der Waals surface area contributed by atoms with Gasteiger partial charge in [-0.15, -0.1) is 24.0 Å². The van der Waals surface area contributed by atoms with Gasteiger partial charge < -0.3 is 20.3 Å². The molecule has 0 aromatic heterocycles. The first kappa shape index (κ1) is 26.0. The van der Waals surface area contributed by atoms with Crippen molar-refractivity contribution < 1.29 is 4.74 Å². The number of aryl methyl sites for hydroxylation is 1. The van der Waals surface area contributed by atoms with Crippen LogP contribution in [0, 0.1) is 6.92 Å². The number of aliphatic imine (C=N–C) groups is 1. The van der Waals surface area contributed by atoms with Crippen molar-refractivity contribution in [1.29, 1.82) is 0 Å². The summed E-state index contributed by atoms with van der Waals surface area (Å²) < 4.78 is 5.98. The van der Waals surface area contributed by atoms with Crippen LogP contribution in [0.15, 0.2) is 23.2 Å². The molecule has 0 radical (unpaired) electrons. The first-order valence-electron chi connectivity index (χ1n) is 10.6. The maximum Gasteiger partial charge on any atom is 0.191 e. The summed E-state index contributed by atoms with van der Waals surface area (Å²) in [7, 11) is 2.19. The highest BCUT2D eigenvalue weighted by Gasteiger charge is 2.19. The van der Waals surface area contributed by atoms with Crippen LogP contribution in [0.25, 0.3) is 0 Å². The van der Waals surface area contributed by atoms with Crippen LogP contribution in [0.3, 0.4) is 0 Å². The second kappa shape index (κ2) is 13.3. The standard InChI is InChI=1S/C22H39N5O.HI/c1-7-23-22(24-15-19(5)27-12-10-26(6)11-13-27)25-16-20-9-8-18(4)14-21(20)28-17(2)3;/h8-9,14,17,19H,7,10-13,15-16H2,1-6H3,(H2,23,24,25);1H. The van der Waals surface area contributed by atoms with Crippen molar-refractivity contribution in [3.63, 3.8) is 0 Å². The third kappa shape index (κ3) is 9.09. The predicted octanol–water partition coefficient (Wildman–Crippen LogP) is 3.09. The van der Waals surface area contributed by atoms with Gasteiger partial charge in [-0.25, -0.2) is 4.99 Å². The summed E-state index contributed by atoms with van der Waals surface area (Å²) in [6.07, 6.45) is 0.153. The quantitative estimate of drug-likeness (QED) is 0.316. The molecule has 1 aliphatic heterocycles. The summed E-state index contributed by atoms with van der Waals surface area (Å²) in [5.74, 6) is 1.79. The van der Waals surface area contributed by atoms with E-state index >= 15 is 0 Å². The highest BCUT2D eigenvalue weighted by molar-refractivity contribution is 14.0. The molecular formula is C22H40IN5O. The molecule has 1 fully saturated rings. The fourth-order valence-corrected chi connectivity index (χ4v) is 3.30. The number of hydrogen-bond donors (Lipinski definition) is 2. The van der Waals surface area contributed by atoms with E-state index in [-0.39, 0.29) is 30.1 Å². The van der Waals surface area contributed by atoms with Gasteiger partial charge in [0.05, 0.1) is 12.6 Å². The number of likely N-dealkylation sites (N-methyl/N-ethyl adjacent to an activating group) is 1. The zero-order valence-electron chi connectivity index (χ0n) is 19.0. The first-order valence-corrected chi connectivity index (χ1v) is 10.6. The molecule has 6 nitrogen and oxygen atoms in total. The zero-order valence-corrected chi connectivity index (χ0v) is 21.3. The Balaban J connectivity index is 0.00000420. The van der Waals surface area contributed by atoms with Crippen molar-refractivity contribution in [2.24, 2.45) is 4.99 Å². The molecule has 1 aliphatic rings. The lowest BCUT2D eigenvalue weighted by Crippen LogP contribution is -2.52. The van der Waals surface area contributed by atoms with Gasteiger partial charge in [0.2, 0.25) is 0 Å². The molecule has 2 rings (SSSR count). The van der Waals surface area contributed by atoms with Crippen LogP contribution in [-0.4, -0.2) is 74.2 Å². The van der Waals surface area contributed by atoms with Crippen LogP contribution < -0.4 is 15.4 Å². The number of rotatable bonds is 8. The average molecular weight is 518 g/mol. The van der Waals surface area contributed by atoms with E-state index in [9.17, 15) is 0 Å². The Morgan fingerprint density at radius 3 is 2.45 bits per heavy atom. The highest BCUT2D eigenvalue weighted by atomic mass is 127. The Bertz CT molecular complexity index is 630. The summed E-state index contributed by atoms with van der Waals surface area (Å²) in [6.45, 7) is 17.5. The van der Waals surface area contributed by atoms with Crippen LogP contribution >= 0.6 is 24.0 Å². The van der Waals surface area contributed by atoms with Gasteiger partial charge in [0.25, 0.3) is 0 Å². The number of nitrogens with one attached hydrogen (secondary N) is 2. The van der Waals surface area contributed by atoms with Crippen LogP contribution in [0.5, 0.6) is 5.75 Å². The van der Waals surface area contributed by atoms with Crippen molar-refractivity contribution in [3.8, 4) is 5.75 Å². The molecule has 0 spiro atoms. The van der Waals surface area contributed by atoms with Gasteiger partial charge in [-0.05, 0) is 53.3 Å². The topological polar surface area (TPSA) is 52.1 Å². The summed E-state index contributed by atoms with van der Waals surface area (Å²) in [5, 5.41) is 6.87. The molecule has 1 unspecified atom stereocenters. The van der Waals surface area contributed by atoms with Gasteiger partial charge in [0.1, 0.15) is 5.75 Å². The molecule has 7 heteroatoms. The number of benzene rings is 1. The third-order valence-corrected chi connectivity index (χ3v) is 5.06. The normalized spacial score (nSPS) is 17.0. The predicted molar refractivity (Wildman–Crippen MR) is 134 cm³/mol. The highest BCUT2D eigenvalue weighted by Crippen LogP contribution is 2.22. The Kier molecular flexibility index (Phi) is 11.9. The maximum absolute atomic E-state index is 5.98. The second-order valence-corrected chi connectivity index (χ2v) is 8.04. The van der Waals surface area contributed by atoms with Crippen molar-refractivity contribution in [2.45, 2.75) is 53.3 Å². The van der Waals surface area contributed by atoms with Crippen molar-refractivity contribution in [3.05, 3.63) is 29.3 Å². The van der Waals surface area contributed by atoms with Crippen molar-refractivity contribution >= 4 is 29.9 Å². The lowest BCUT2D eigenvalue weighted by molar-refractivity contribution is 0.120. The number of nitrogens with zero attached hydrogens (tertiary/aromatic N) is 3. The fraction of sp³-hybridized carbons (Fsp3) is 0.682. The third-order valence-electron chi connectivity index (χ3n) is 5.06. The molecule has 0 aliphatic carbocycles. The van der Waals surface area contributed by atoms with Crippen molar-refractivity contribution in [2.75, 3.05) is 46.3 Å². The summed E-state index contributed by atoms with van der Waals surface area (Å²) in [6, 6.07) is 6.82. The minimum atomic E-state index is 0. The van der Waals surface area contributed by atoms with E-state index in [0.29, 0.717) is 12.6 Å². The number of halogens is 1. The lowest BCUT2D eigenvalue weighted by Gasteiger charge is -2.36. The van der Waals surface area contributed by atoms with E-state index in [2.05, 4.69) is 80.3 Å². The first-order chi connectivity index (χ1) is 13.4. The molecule has 29 heavy (non-hydrogen) atoms. The van der Waals surface area contributed by atoms with Crippen LogP contribution in [0.4, 0.5) is 0 Å². The second-order valence-electron chi connectivity index (χ2n) is 8.04. The SMILES string of the molecule is CCNC(=NCc1ccc(C)cc1OC(C)C)NCC(C)N1CCN(C)CC1.I. The molecule has 1 saturated heterocycles. The molecule has 1 atom stereocenters. The van der Waals surface area contributed by atoms with E-state index in [1.54, 1.807) is 0 Å². The van der Waals surface area contributed by atoms with Gasteiger partial charge in [-0.3, -0.25) is 4.90 Å². The van der Waals surface area contributed by atoms with E-state index in [1.807, 2.05) is 0 Å². The Labute approximate surface area is 194 Å². The average Bonchev–Trinajstić information content (AvgIpc) is 2.65. The molecule has 2 N–H and O–H groups in total. The van der Waals surface area contributed by atoms with Crippen LogP contribution in [-0.2, 0) is 6.54 Å². The minimum Gasteiger partial charge on any atom is -0.491 e. The molecule has 1 heterocycles. The molecule has 0 bridgehead atoms. The van der Waals surface area contributed by atoms with E-state index in [4.69, 9.17) is 9.73 Å². The molecule has 166 valence electrons. The van der Waals surface area contributed by atoms with Gasteiger partial charge in [0, 0.05) is 50.9 Å². The molecule has 0 amide bonds.